The minimum absolute atomic E-state index is 0.620. The molecule has 22 heavy (non-hydrogen) atoms. The van der Waals surface area contributed by atoms with E-state index < -0.39 is 0 Å². The van der Waals surface area contributed by atoms with Gasteiger partial charge in [0.15, 0.2) is 5.69 Å². The molecule has 108 valence electrons. The Morgan fingerprint density at radius 3 is 2.45 bits per heavy atom. The van der Waals surface area contributed by atoms with Crippen molar-refractivity contribution < 1.29 is 0 Å². The fraction of sp³-hybridized carbons (Fsp3) is 0.0625. The summed E-state index contributed by atoms with van der Waals surface area (Å²) in [6.45, 7) is 7.71. The number of aromatic nitrogens is 3. The summed E-state index contributed by atoms with van der Waals surface area (Å²) >= 11 is 3.49. The van der Waals surface area contributed by atoms with Crippen LogP contribution in [-0.2, 0) is 6.54 Å². The van der Waals surface area contributed by atoms with Crippen molar-refractivity contribution >= 4 is 27.3 Å². The van der Waals surface area contributed by atoms with Crippen molar-refractivity contribution in [3.63, 3.8) is 0 Å². The molecule has 0 saturated carbocycles. The highest BCUT2D eigenvalue weighted by atomic mass is 79.9. The zero-order valence-corrected chi connectivity index (χ0v) is 13.2. The fourth-order valence-electron chi connectivity index (χ4n) is 2.13. The van der Waals surface area contributed by atoms with E-state index in [4.69, 9.17) is 6.57 Å². The second kappa shape index (κ2) is 6.41. The van der Waals surface area contributed by atoms with Crippen LogP contribution in [0.1, 0.15) is 5.56 Å². The summed E-state index contributed by atoms with van der Waals surface area (Å²) in [6, 6.07) is 15.6. The summed E-state index contributed by atoms with van der Waals surface area (Å²) in [6.07, 6.45) is 3.31. The summed E-state index contributed by atoms with van der Waals surface area (Å²) in [5.74, 6) is 0. The molecular weight excluding hydrogens is 342 g/mol. The second-order valence-corrected chi connectivity index (χ2v) is 5.57. The van der Waals surface area contributed by atoms with Gasteiger partial charge in [-0.25, -0.2) is 9.52 Å². The molecular formula is C16H12BrN5. The van der Waals surface area contributed by atoms with Crippen LogP contribution in [0.5, 0.6) is 0 Å². The van der Waals surface area contributed by atoms with E-state index in [-0.39, 0.29) is 0 Å². The molecule has 0 fully saturated rings. The van der Waals surface area contributed by atoms with Crippen LogP contribution >= 0.6 is 15.9 Å². The molecule has 0 unspecified atom stereocenters. The van der Waals surface area contributed by atoms with Crippen molar-refractivity contribution in [3.8, 4) is 0 Å². The molecule has 0 amide bonds. The Morgan fingerprint density at radius 2 is 1.82 bits per heavy atom. The van der Waals surface area contributed by atoms with Crippen LogP contribution in [0.3, 0.4) is 0 Å². The third-order valence-corrected chi connectivity index (χ3v) is 3.68. The highest BCUT2D eigenvalue weighted by Gasteiger charge is 2.10. The maximum Gasteiger partial charge on any atom is 0.187 e. The molecule has 5 nitrogen and oxygen atoms in total. The Hall–Kier alpha value is -2.65. The van der Waals surface area contributed by atoms with Gasteiger partial charge in [-0.05, 0) is 29.8 Å². The van der Waals surface area contributed by atoms with E-state index in [1.807, 2.05) is 34.0 Å². The molecule has 1 heterocycles. The lowest BCUT2D eigenvalue weighted by atomic mass is 10.2. The number of rotatable bonds is 4. The molecule has 3 rings (SSSR count). The van der Waals surface area contributed by atoms with E-state index in [2.05, 4.69) is 43.1 Å². The first-order valence-corrected chi connectivity index (χ1v) is 7.40. The van der Waals surface area contributed by atoms with E-state index in [1.54, 1.807) is 24.8 Å². The van der Waals surface area contributed by atoms with Gasteiger partial charge in [0, 0.05) is 4.47 Å². The molecule has 0 aliphatic rings. The molecule has 2 aromatic carbocycles. The number of benzene rings is 2. The third kappa shape index (κ3) is 3.15. The zero-order valence-electron chi connectivity index (χ0n) is 11.6. The first-order valence-electron chi connectivity index (χ1n) is 6.61. The Morgan fingerprint density at radius 1 is 1.09 bits per heavy atom. The van der Waals surface area contributed by atoms with Gasteiger partial charge in [0.1, 0.15) is 12.7 Å². The molecule has 0 spiro atoms. The van der Waals surface area contributed by atoms with Gasteiger partial charge in [0.2, 0.25) is 0 Å². The minimum Gasteiger partial charge on any atom is -0.275 e. The van der Waals surface area contributed by atoms with Gasteiger partial charge in [0.25, 0.3) is 0 Å². The first kappa shape index (κ1) is 14.3. The average molecular weight is 354 g/mol. The van der Waals surface area contributed by atoms with Crippen LogP contribution < -0.4 is 5.01 Å². The van der Waals surface area contributed by atoms with Gasteiger partial charge in [-0.15, -0.1) is 10.2 Å². The average Bonchev–Trinajstić information content (AvgIpc) is 3.07. The molecule has 0 radical (unpaired) electrons. The van der Waals surface area contributed by atoms with Crippen LogP contribution in [0.25, 0.3) is 4.85 Å². The number of hydrogen-bond acceptors (Lipinski definition) is 3. The van der Waals surface area contributed by atoms with Gasteiger partial charge in [-0.3, -0.25) is 5.01 Å². The summed E-state index contributed by atoms with van der Waals surface area (Å²) in [5, 5.41) is 9.79. The number of anilines is 1. The molecule has 0 aliphatic heterocycles. The minimum atomic E-state index is 0.620. The van der Waals surface area contributed by atoms with Gasteiger partial charge < -0.3 is 0 Å². The van der Waals surface area contributed by atoms with Crippen molar-refractivity contribution in [1.29, 1.82) is 0 Å². The van der Waals surface area contributed by atoms with Crippen molar-refractivity contribution in [2.75, 3.05) is 5.01 Å². The molecule has 0 saturated heterocycles. The lowest BCUT2D eigenvalue weighted by Gasteiger charge is -2.25. The summed E-state index contributed by atoms with van der Waals surface area (Å²) < 4.78 is 2.87. The first-order chi connectivity index (χ1) is 10.8. The molecule has 0 bridgehead atoms. The highest BCUT2D eigenvalue weighted by Crippen LogP contribution is 2.23. The molecule has 6 heteroatoms. The topological polar surface area (TPSA) is 38.3 Å². The number of halogens is 1. The molecule has 0 atom stereocenters. The Labute approximate surface area is 136 Å². The van der Waals surface area contributed by atoms with E-state index in [9.17, 15) is 0 Å². The van der Waals surface area contributed by atoms with Crippen LogP contribution in [0.15, 0.2) is 65.7 Å². The predicted octanol–water partition coefficient (Wildman–Crippen LogP) is 4.06. The van der Waals surface area contributed by atoms with Crippen molar-refractivity contribution in [3.05, 3.63) is 82.6 Å². The third-order valence-electron chi connectivity index (χ3n) is 3.18. The smallest absolute Gasteiger partial charge is 0.187 e. The second-order valence-electron chi connectivity index (χ2n) is 4.66. The molecule has 0 aliphatic carbocycles. The standard InChI is InChI=1S/C16H12BrN5/c1-18-15-5-7-16(8-6-15)22(21-11-19-20-12-21)10-13-3-2-4-14(17)9-13/h2-9,11-12H,10H2. The maximum atomic E-state index is 7.04. The molecule has 0 N–H and O–H groups in total. The van der Waals surface area contributed by atoms with Crippen LogP contribution in [0, 0.1) is 6.57 Å². The van der Waals surface area contributed by atoms with Crippen LogP contribution in [0.2, 0.25) is 0 Å². The van der Waals surface area contributed by atoms with E-state index in [0.29, 0.717) is 12.2 Å². The lowest BCUT2D eigenvalue weighted by molar-refractivity contribution is 0.686. The van der Waals surface area contributed by atoms with E-state index in [1.165, 1.54) is 0 Å². The summed E-state index contributed by atoms with van der Waals surface area (Å²) in [7, 11) is 0. The number of hydrogen-bond donors (Lipinski definition) is 0. The zero-order chi connectivity index (χ0) is 15.4. The van der Waals surface area contributed by atoms with Crippen molar-refractivity contribution in [2.24, 2.45) is 0 Å². The quantitative estimate of drug-likeness (QED) is 0.663. The lowest BCUT2D eigenvalue weighted by Crippen LogP contribution is -2.27. The van der Waals surface area contributed by atoms with E-state index >= 15 is 0 Å². The Balaban J connectivity index is 1.95. The maximum absolute atomic E-state index is 7.04. The Bertz CT molecular complexity index is 790. The normalized spacial score (nSPS) is 10.2. The number of nitrogens with zero attached hydrogens (tertiary/aromatic N) is 5. The van der Waals surface area contributed by atoms with Gasteiger partial charge >= 0.3 is 0 Å². The van der Waals surface area contributed by atoms with Crippen molar-refractivity contribution in [2.45, 2.75) is 6.54 Å². The molecule has 1 aromatic heterocycles. The molecule has 3 aromatic rings. The largest absolute Gasteiger partial charge is 0.275 e. The van der Waals surface area contributed by atoms with Crippen LogP contribution in [0.4, 0.5) is 11.4 Å². The SMILES string of the molecule is [C-]#[N+]c1ccc(N(Cc2cccc(Br)c2)n2cnnc2)cc1. The van der Waals surface area contributed by atoms with Gasteiger partial charge in [-0.2, -0.15) is 0 Å². The van der Waals surface area contributed by atoms with Crippen molar-refractivity contribution in [1.82, 2.24) is 14.9 Å². The van der Waals surface area contributed by atoms with Crippen LogP contribution in [-0.4, -0.2) is 14.9 Å². The summed E-state index contributed by atoms with van der Waals surface area (Å²) in [5.41, 5.74) is 2.74. The predicted molar refractivity (Wildman–Crippen MR) is 88.4 cm³/mol. The fourth-order valence-corrected chi connectivity index (χ4v) is 2.58. The monoisotopic (exact) mass is 353 g/mol. The summed E-state index contributed by atoms with van der Waals surface area (Å²) in [4.78, 5) is 3.42. The highest BCUT2D eigenvalue weighted by molar-refractivity contribution is 9.10. The Kier molecular flexibility index (Phi) is 4.17. The van der Waals surface area contributed by atoms with Gasteiger partial charge in [-0.1, -0.05) is 40.2 Å². The van der Waals surface area contributed by atoms with Gasteiger partial charge in [0.05, 0.1) is 18.8 Å². The van der Waals surface area contributed by atoms with E-state index in [0.717, 1.165) is 15.7 Å².